The number of anilines is 2. The van der Waals surface area contributed by atoms with E-state index in [1.165, 1.54) is 17.1 Å². The zero-order valence-corrected chi connectivity index (χ0v) is 16.0. The van der Waals surface area contributed by atoms with Crippen molar-refractivity contribution in [1.82, 2.24) is 5.01 Å². The SMILES string of the molecule is O=C(CN1N=N[C@@H]2C(=O)N(c3ccc(F)cc3)C(=O)[C@H]21)Nc1ccc2c(c1)OCCO2. The Kier molecular flexibility index (Phi) is 4.50. The van der Waals surface area contributed by atoms with E-state index < -0.39 is 35.6 Å². The number of ether oxygens (including phenoxy) is 2. The Bertz CT molecular complexity index is 1110. The minimum absolute atomic E-state index is 0.238. The lowest BCUT2D eigenvalue weighted by Crippen LogP contribution is -2.43. The smallest absolute Gasteiger partial charge is 0.263 e. The lowest BCUT2D eigenvalue weighted by molar-refractivity contribution is -0.123. The first-order chi connectivity index (χ1) is 15.0. The van der Waals surface area contributed by atoms with E-state index in [-0.39, 0.29) is 12.2 Å². The van der Waals surface area contributed by atoms with Gasteiger partial charge in [0, 0.05) is 11.8 Å². The molecular weight excluding hydrogens is 409 g/mol. The molecule has 31 heavy (non-hydrogen) atoms. The van der Waals surface area contributed by atoms with Gasteiger partial charge in [0.05, 0.1) is 5.69 Å². The molecule has 1 N–H and O–H groups in total. The quantitative estimate of drug-likeness (QED) is 0.744. The summed E-state index contributed by atoms with van der Waals surface area (Å²) in [5.41, 5.74) is 0.727. The van der Waals surface area contributed by atoms with Crippen LogP contribution in [0.3, 0.4) is 0 Å². The number of nitrogens with zero attached hydrogens (tertiary/aromatic N) is 4. The number of hydrogen-bond donors (Lipinski definition) is 1. The van der Waals surface area contributed by atoms with Gasteiger partial charge in [-0.2, -0.15) is 5.11 Å². The highest BCUT2D eigenvalue weighted by molar-refractivity contribution is 6.25. The van der Waals surface area contributed by atoms with Crippen molar-refractivity contribution in [2.45, 2.75) is 12.1 Å². The number of rotatable bonds is 4. The summed E-state index contributed by atoms with van der Waals surface area (Å²) in [6, 6.07) is 7.92. The second kappa shape index (κ2) is 7.35. The molecule has 2 atom stereocenters. The number of imide groups is 1. The van der Waals surface area contributed by atoms with Crippen molar-refractivity contribution in [2.24, 2.45) is 10.3 Å². The van der Waals surface area contributed by atoms with E-state index in [1.807, 2.05) is 0 Å². The van der Waals surface area contributed by atoms with E-state index >= 15 is 0 Å². The van der Waals surface area contributed by atoms with Crippen molar-refractivity contribution in [3.05, 3.63) is 48.3 Å². The molecule has 5 rings (SSSR count). The molecule has 3 aliphatic rings. The summed E-state index contributed by atoms with van der Waals surface area (Å²) in [7, 11) is 0. The van der Waals surface area contributed by atoms with Crippen LogP contribution in [0.4, 0.5) is 15.8 Å². The fourth-order valence-electron chi connectivity index (χ4n) is 3.67. The van der Waals surface area contributed by atoms with Gasteiger partial charge in [-0.1, -0.05) is 5.22 Å². The topological polar surface area (TPSA) is 113 Å². The summed E-state index contributed by atoms with van der Waals surface area (Å²) in [5, 5.41) is 11.6. The predicted molar refractivity (Wildman–Crippen MR) is 104 cm³/mol. The molecule has 0 saturated carbocycles. The first-order valence-corrected chi connectivity index (χ1v) is 9.51. The molecule has 10 nitrogen and oxygen atoms in total. The fraction of sp³-hybridized carbons (Fsp3) is 0.250. The van der Waals surface area contributed by atoms with Crippen molar-refractivity contribution in [3.63, 3.8) is 0 Å². The molecule has 158 valence electrons. The molecule has 0 bridgehead atoms. The lowest BCUT2D eigenvalue weighted by Gasteiger charge is -2.21. The van der Waals surface area contributed by atoms with Crippen LogP contribution < -0.4 is 19.7 Å². The normalized spacial score (nSPS) is 21.5. The molecule has 3 aliphatic heterocycles. The van der Waals surface area contributed by atoms with E-state index in [4.69, 9.17) is 9.47 Å². The number of halogens is 1. The fourth-order valence-corrected chi connectivity index (χ4v) is 3.67. The molecule has 0 aliphatic carbocycles. The van der Waals surface area contributed by atoms with Gasteiger partial charge < -0.3 is 14.8 Å². The van der Waals surface area contributed by atoms with Gasteiger partial charge in [0.1, 0.15) is 25.6 Å². The predicted octanol–water partition coefficient (Wildman–Crippen LogP) is 1.53. The van der Waals surface area contributed by atoms with E-state index in [0.717, 1.165) is 17.0 Å². The van der Waals surface area contributed by atoms with Crippen molar-refractivity contribution < 1.29 is 28.2 Å². The van der Waals surface area contributed by atoms with Gasteiger partial charge in [-0.3, -0.25) is 19.4 Å². The monoisotopic (exact) mass is 425 g/mol. The van der Waals surface area contributed by atoms with Crippen LogP contribution in [0.2, 0.25) is 0 Å². The Hall–Kier alpha value is -4.02. The Balaban J connectivity index is 1.28. The van der Waals surface area contributed by atoms with Crippen LogP contribution in [0.1, 0.15) is 0 Å². The molecule has 1 fully saturated rings. The molecule has 2 aromatic carbocycles. The molecule has 1 saturated heterocycles. The van der Waals surface area contributed by atoms with Crippen molar-refractivity contribution in [3.8, 4) is 11.5 Å². The molecular formula is C20H16FN5O5. The van der Waals surface area contributed by atoms with E-state index in [0.29, 0.717) is 30.4 Å². The maximum atomic E-state index is 13.2. The van der Waals surface area contributed by atoms with Crippen LogP contribution in [0.15, 0.2) is 52.8 Å². The van der Waals surface area contributed by atoms with Crippen molar-refractivity contribution in [2.75, 3.05) is 30.0 Å². The van der Waals surface area contributed by atoms with E-state index in [9.17, 15) is 18.8 Å². The standard InChI is InChI=1S/C20H16FN5O5/c21-11-1-4-13(5-2-11)26-19(28)17-18(20(26)29)25(24-23-17)10-16(27)22-12-3-6-14-15(9-12)31-8-7-30-14/h1-6,9,17-18H,7-8,10H2,(H,22,27)/t17-,18-/m0/s1. The zero-order chi connectivity index (χ0) is 21.5. The molecule has 3 heterocycles. The van der Waals surface area contributed by atoms with Gasteiger partial charge >= 0.3 is 0 Å². The largest absolute Gasteiger partial charge is 0.486 e. The lowest BCUT2D eigenvalue weighted by atomic mass is 10.1. The third-order valence-electron chi connectivity index (χ3n) is 5.07. The maximum absolute atomic E-state index is 13.2. The van der Waals surface area contributed by atoms with Gasteiger partial charge in [-0.05, 0) is 36.4 Å². The Morgan fingerprint density at radius 2 is 1.81 bits per heavy atom. The van der Waals surface area contributed by atoms with Gasteiger partial charge in [-0.25, -0.2) is 9.29 Å². The van der Waals surface area contributed by atoms with Crippen LogP contribution in [-0.2, 0) is 14.4 Å². The van der Waals surface area contributed by atoms with E-state index in [1.54, 1.807) is 18.2 Å². The number of carbonyl (C=O) groups is 3. The summed E-state index contributed by atoms with van der Waals surface area (Å²) in [6.07, 6.45) is 0. The van der Waals surface area contributed by atoms with Gasteiger partial charge in [0.2, 0.25) is 5.91 Å². The summed E-state index contributed by atoms with van der Waals surface area (Å²) in [4.78, 5) is 39.0. The Morgan fingerprint density at radius 3 is 2.58 bits per heavy atom. The first-order valence-electron chi connectivity index (χ1n) is 9.51. The average Bonchev–Trinajstić information content (AvgIpc) is 3.28. The number of carbonyl (C=O) groups excluding carboxylic acids is 3. The highest BCUT2D eigenvalue weighted by atomic mass is 19.1. The first kappa shape index (κ1) is 19.0. The average molecular weight is 425 g/mol. The summed E-state index contributed by atoms with van der Waals surface area (Å²) in [6.45, 7) is 0.598. The Morgan fingerprint density at radius 1 is 1.06 bits per heavy atom. The second-order valence-corrected chi connectivity index (χ2v) is 7.09. The maximum Gasteiger partial charge on any atom is 0.263 e. The van der Waals surface area contributed by atoms with Crippen molar-refractivity contribution in [1.29, 1.82) is 0 Å². The summed E-state index contributed by atoms with van der Waals surface area (Å²) < 4.78 is 24.1. The molecule has 3 amide bonds. The van der Waals surface area contributed by atoms with Gasteiger partial charge in [0.25, 0.3) is 11.8 Å². The molecule has 0 unspecified atom stereocenters. The van der Waals surface area contributed by atoms with Crippen LogP contribution in [0.5, 0.6) is 11.5 Å². The van der Waals surface area contributed by atoms with Crippen LogP contribution >= 0.6 is 0 Å². The molecule has 0 aromatic heterocycles. The Labute approximate surface area is 175 Å². The van der Waals surface area contributed by atoms with Gasteiger partial charge in [0.15, 0.2) is 23.6 Å². The third kappa shape index (κ3) is 3.33. The molecule has 0 radical (unpaired) electrons. The second-order valence-electron chi connectivity index (χ2n) is 7.09. The number of benzene rings is 2. The van der Waals surface area contributed by atoms with Gasteiger partial charge in [-0.15, -0.1) is 0 Å². The highest BCUT2D eigenvalue weighted by Gasteiger charge is 2.55. The number of fused-ring (bicyclic) bond motifs is 2. The van der Waals surface area contributed by atoms with Crippen LogP contribution in [0.25, 0.3) is 0 Å². The number of nitrogens with one attached hydrogen (secondary N) is 1. The minimum Gasteiger partial charge on any atom is -0.486 e. The molecule has 11 heteroatoms. The molecule has 0 spiro atoms. The van der Waals surface area contributed by atoms with Crippen molar-refractivity contribution >= 4 is 29.1 Å². The zero-order valence-electron chi connectivity index (χ0n) is 16.0. The minimum atomic E-state index is -1.04. The number of hydrogen-bond acceptors (Lipinski definition) is 8. The van der Waals surface area contributed by atoms with E-state index in [2.05, 4.69) is 15.7 Å². The van der Waals surface area contributed by atoms with Crippen LogP contribution in [0, 0.1) is 5.82 Å². The summed E-state index contributed by atoms with van der Waals surface area (Å²) >= 11 is 0. The molecule has 2 aromatic rings. The highest BCUT2D eigenvalue weighted by Crippen LogP contribution is 2.33. The number of amides is 3. The van der Waals surface area contributed by atoms with Crippen LogP contribution in [-0.4, -0.2) is 54.6 Å². The third-order valence-corrected chi connectivity index (χ3v) is 5.07. The summed E-state index contributed by atoms with van der Waals surface area (Å²) in [5.74, 6) is -0.955.